The first-order valence-electron chi connectivity index (χ1n) is 5.42. The predicted molar refractivity (Wildman–Crippen MR) is 58.9 cm³/mol. The number of morpholine rings is 1. The molecule has 2 N–H and O–H groups in total. The zero-order chi connectivity index (χ0) is 12.0. The van der Waals surface area contributed by atoms with Gasteiger partial charge in [-0.15, -0.1) is 0 Å². The Morgan fingerprint density at radius 1 is 1.56 bits per heavy atom. The Labute approximate surface area is 95.3 Å². The van der Waals surface area contributed by atoms with Gasteiger partial charge in [-0.05, 0) is 0 Å². The normalized spacial score (nSPS) is 20.2. The lowest BCUT2D eigenvalue weighted by atomic mass is 10.2. The second-order valence-corrected chi connectivity index (χ2v) is 3.76. The highest BCUT2D eigenvalue weighted by Gasteiger charge is 2.24. The summed E-state index contributed by atoms with van der Waals surface area (Å²) in [6, 6.07) is -0.275. The molecule has 1 rings (SSSR count). The van der Waals surface area contributed by atoms with Crippen LogP contribution in [0.1, 0.15) is 6.42 Å². The van der Waals surface area contributed by atoms with Gasteiger partial charge in [0.1, 0.15) is 6.04 Å². The van der Waals surface area contributed by atoms with Crippen molar-refractivity contribution in [1.29, 1.82) is 0 Å². The van der Waals surface area contributed by atoms with Crippen molar-refractivity contribution in [2.24, 2.45) is 0 Å². The number of nitrogens with zero attached hydrogens (tertiary/aromatic N) is 1. The summed E-state index contributed by atoms with van der Waals surface area (Å²) in [6.07, 6.45) is 0.326. The molecule has 16 heavy (non-hydrogen) atoms. The van der Waals surface area contributed by atoms with E-state index in [4.69, 9.17) is 4.74 Å². The third-order valence-electron chi connectivity index (χ3n) is 2.55. The Bertz CT molecular complexity index is 252. The zero-order valence-corrected chi connectivity index (χ0v) is 9.78. The number of rotatable bonds is 4. The molecule has 0 aromatic heterocycles. The largest absolute Gasteiger partial charge is 0.378 e. The van der Waals surface area contributed by atoms with Gasteiger partial charge in [0, 0.05) is 33.6 Å². The van der Waals surface area contributed by atoms with E-state index >= 15 is 0 Å². The lowest BCUT2D eigenvalue weighted by molar-refractivity contribution is -0.135. The van der Waals surface area contributed by atoms with Crippen LogP contribution < -0.4 is 10.6 Å². The highest BCUT2D eigenvalue weighted by molar-refractivity contribution is 5.83. The van der Waals surface area contributed by atoms with Crippen molar-refractivity contribution in [3.05, 3.63) is 0 Å². The molecule has 0 bridgehead atoms. The van der Waals surface area contributed by atoms with Crippen molar-refractivity contribution in [2.75, 3.05) is 40.4 Å². The molecule has 1 unspecified atom stereocenters. The van der Waals surface area contributed by atoms with Crippen LogP contribution in [0, 0.1) is 0 Å². The smallest absolute Gasteiger partial charge is 0.241 e. The quantitative estimate of drug-likeness (QED) is 0.620. The summed E-state index contributed by atoms with van der Waals surface area (Å²) in [5.41, 5.74) is 0. The van der Waals surface area contributed by atoms with E-state index in [1.165, 1.54) is 0 Å². The first-order valence-corrected chi connectivity index (χ1v) is 5.42. The van der Waals surface area contributed by atoms with Gasteiger partial charge in [0.25, 0.3) is 0 Å². The number of carbonyl (C=O) groups excluding carboxylic acids is 2. The van der Waals surface area contributed by atoms with Crippen molar-refractivity contribution < 1.29 is 14.3 Å². The standard InChI is InChI=1S/C10H19N3O3/c1-11-9(14)3-5-13(2)10(15)8-7-16-6-4-12-8/h8,12H,3-7H2,1-2H3,(H,11,14). The molecule has 1 atom stereocenters. The third-order valence-corrected chi connectivity index (χ3v) is 2.55. The molecule has 1 aliphatic heterocycles. The molecule has 6 nitrogen and oxygen atoms in total. The molecule has 1 heterocycles. The number of hydrogen-bond donors (Lipinski definition) is 2. The predicted octanol–water partition coefficient (Wildman–Crippen LogP) is -1.43. The van der Waals surface area contributed by atoms with E-state index in [2.05, 4.69) is 10.6 Å². The van der Waals surface area contributed by atoms with E-state index in [9.17, 15) is 9.59 Å². The van der Waals surface area contributed by atoms with Crippen LogP contribution in [0.2, 0.25) is 0 Å². The van der Waals surface area contributed by atoms with Crippen LogP contribution in [0.5, 0.6) is 0 Å². The van der Waals surface area contributed by atoms with Gasteiger partial charge in [0.15, 0.2) is 0 Å². The van der Waals surface area contributed by atoms with Crippen LogP contribution in [0.15, 0.2) is 0 Å². The van der Waals surface area contributed by atoms with Crippen LogP contribution in [0.25, 0.3) is 0 Å². The van der Waals surface area contributed by atoms with Gasteiger partial charge < -0.3 is 20.3 Å². The Kier molecular flexibility index (Phi) is 5.21. The average molecular weight is 229 g/mol. The second kappa shape index (κ2) is 6.44. The Hall–Kier alpha value is -1.14. The van der Waals surface area contributed by atoms with Crippen molar-refractivity contribution >= 4 is 11.8 Å². The summed E-state index contributed by atoms with van der Waals surface area (Å²) in [5, 5.41) is 5.61. The summed E-state index contributed by atoms with van der Waals surface area (Å²) in [7, 11) is 3.28. The minimum absolute atomic E-state index is 0.0244. The first kappa shape index (κ1) is 12.9. The van der Waals surface area contributed by atoms with Crippen molar-refractivity contribution in [3.8, 4) is 0 Å². The number of amides is 2. The van der Waals surface area contributed by atoms with Gasteiger partial charge in [-0.1, -0.05) is 0 Å². The molecule has 0 aromatic carbocycles. The van der Waals surface area contributed by atoms with E-state index in [1.54, 1.807) is 19.0 Å². The van der Waals surface area contributed by atoms with E-state index in [0.29, 0.717) is 32.7 Å². The monoisotopic (exact) mass is 229 g/mol. The molecule has 6 heteroatoms. The average Bonchev–Trinajstić information content (AvgIpc) is 2.35. The van der Waals surface area contributed by atoms with Gasteiger partial charge >= 0.3 is 0 Å². The Balaban J connectivity index is 2.31. The summed E-state index contributed by atoms with van der Waals surface area (Å²) < 4.78 is 5.21. The molecular weight excluding hydrogens is 210 g/mol. The number of hydrogen-bond acceptors (Lipinski definition) is 4. The summed E-state index contributed by atoms with van der Waals surface area (Å²) in [6.45, 7) is 2.17. The van der Waals surface area contributed by atoms with Gasteiger partial charge in [0.2, 0.25) is 11.8 Å². The molecule has 0 radical (unpaired) electrons. The van der Waals surface area contributed by atoms with E-state index in [-0.39, 0.29) is 17.9 Å². The Morgan fingerprint density at radius 3 is 2.88 bits per heavy atom. The highest BCUT2D eigenvalue weighted by Crippen LogP contribution is 1.99. The Morgan fingerprint density at radius 2 is 2.31 bits per heavy atom. The first-order chi connectivity index (χ1) is 7.65. The van der Waals surface area contributed by atoms with Gasteiger partial charge in [-0.2, -0.15) is 0 Å². The number of likely N-dealkylation sites (N-methyl/N-ethyl adjacent to an activating group) is 1. The maximum atomic E-state index is 11.9. The van der Waals surface area contributed by atoms with Crippen LogP contribution >= 0.6 is 0 Å². The van der Waals surface area contributed by atoms with E-state index < -0.39 is 0 Å². The summed E-state index contributed by atoms with van der Waals surface area (Å²) in [4.78, 5) is 24.4. The lowest BCUT2D eigenvalue weighted by Crippen LogP contribution is -2.52. The van der Waals surface area contributed by atoms with Crippen LogP contribution in [-0.2, 0) is 14.3 Å². The summed E-state index contributed by atoms with van der Waals surface area (Å²) >= 11 is 0. The lowest BCUT2D eigenvalue weighted by Gasteiger charge is -2.27. The SMILES string of the molecule is CNC(=O)CCN(C)C(=O)C1COCCN1. The topological polar surface area (TPSA) is 70.7 Å². The second-order valence-electron chi connectivity index (χ2n) is 3.76. The van der Waals surface area contributed by atoms with Crippen molar-refractivity contribution in [2.45, 2.75) is 12.5 Å². The van der Waals surface area contributed by atoms with Gasteiger partial charge in [-0.3, -0.25) is 9.59 Å². The van der Waals surface area contributed by atoms with Crippen LogP contribution in [0.3, 0.4) is 0 Å². The number of ether oxygens (including phenoxy) is 1. The molecule has 92 valence electrons. The molecule has 0 aliphatic carbocycles. The van der Waals surface area contributed by atoms with Gasteiger partial charge in [0.05, 0.1) is 13.2 Å². The maximum Gasteiger partial charge on any atom is 0.241 e. The number of carbonyl (C=O) groups is 2. The minimum atomic E-state index is -0.275. The highest BCUT2D eigenvalue weighted by atomic mass is 16.5. The molecule has 1 fully saturated rings. The molecule has 0 spiro atoms. The third kappa shape index (κ3) is 3.79. The molecular formula is C10H19N3O3. The molecule has 0 aromatic rings. The van der Waals surface area contributed by atoms with Gasteiger partial charge in [-0.25, -0.2) is 0 Å². The van der Waals surface area contributed by atoms with E-state index in [0.717, 1.165) is 0 Å². The fourth-order valence-electron chi connectivity index (χ4n) is 1.49. The fourth-order valence-corrected chi connectivity index (χ4v) is 1.49. The molecule has 1 saturated heterocycles. The van der Waals surface area contributed by atoms with Crippen LogP contribution in [0.4, 0.5) is 0 Å². The van der Waals surface area contributed by atoms with Crippen molar-refractivity contribution in [1.82, 2.24) is 15.5 Å². The van der Waals surface area contributed by atoms with E-state index in [1.807, 2.05) is 0 Å². The minimum Gasteiger partial charge on any atom is -0.378 e. The van der Waals surface area contributed by atoms with Crippen molar-refractivity contribution in [3.63, 3.8) is 0 Å². The summed E-state index contributed by atoms with van der Waals surface area (Å²) in [5.74, 6) is -0.0869. The molecule has 1 aliphatic rings. The molecule has 2 amide bonds. The fraction of sp³-hybridized carbons (Fsp3) is 0.800. The maximum absolute atomic E-state index is 11.9. The molecule has 0 saturated carbocycles. The zero-order valence-electron chi connectivity index (χ0n) is 9.78. The van der Waals surface area contributed by atoms with Crippen LogP contribution in [-0.4, -0.2) is 63.2 Å². The number of nitrogens with one attached hydrogen (secondary N) is 2.